The highest BCUT2D eigenvalue weighted by Gasteiger charge is 2.20. The van der Waals surface area contributed by atoms with Gasteiger partial charge in [-0.15, -0.1) is 0 Å². The first kappa shape index (κ1) is 12.9. The molecule has 0 aliphatic rings. The number of nitrogens with zero attached hydrogens (tertiary/aromatic N) is 1. The molecule has 0 spiro atoms. The third-order valence-corrected chi connectivity index (χ3v) is 1.55. The van der Waals surface area contributed by atoms with Gasteiger partial charge in [-0.1, -0.05) is 0 Å². The fourth-order valence-electron chi connectivity index (χ4n) is 0.887. The van der Waals surface area contributed by atoms with Gasteiger partial charge < -0.3 is 19.5 Å². The molecule has 0 saturated heterocycles. The molecule has 82 valence electrons. The van der Waals surface area contributed by atoms with Crippen LogP contribution < -0.4 is 0 Å². The number of hydrogen-bond acceptors (Lipinski definition) is 5. The van der Waals surface area contributed by atoms with E-state index in [-0.39, 0.29) is 13.2 Å². The van der Waals surface area contributed by atoms with Gasteiger partial charge in [0.15, 0.2) is 0 Å². The number of methoxy groups -OCH3 is 2. The van der Waals surface area contributed by atoms with Crippen LogP contribution in [0.4, 0.5) is 0 Å². The highest BCUT2D eigenvalue weighted by Crippen LogP contribution is 1.92. The van der Waals surface area contributed by atoms with Crippen molar-refractivity contribution < 1.29 is 24.2 Å². The minimum atomic E-state index is -0.947. The Labute approximate surface area is 82.4 Å². The lowest BCUT2D eigenvalue weighted by Gasteiger charge is -2.18. The molecule has 6 heteroatoms. The van der Waals surface area contributed by atoms with Gasteiger partial charge in [0, 0.05) is 20.7 Å². The average Bonchev–Trinajstić information content (AvgIpc) is 2.15. The first-order valence-corrected chi connectivity index (χ1v) is 4.03. The number of esters is 1. The molecule has 0 aromatic heterocycles. The van der Waals surface area contributed by atoms with E-state index in [1.165, 1.54) is 14.2 Å². The summed E-state index contributed by atoms with van der Waals surface area (Å²) in [5.74, 6) is -1.74. The van der Waals surface area contributed by atoms with Crippen molar-refractivity contribution in [1.82, 2.24) is 4.90 Å². The average molecular weight is 205 g/mol. The number of likely N-dealkylation sites (N-methyl/N-ethyl adjacent to an activating group) is 1. The zero-order valence-electron chi connectivity index (χ0n) is 8.52. The molecular weight excluding hydrogens is 190 g/mol. The van der Waals surface area contributed by atoms with E-state index < -0.39 is 18.0 Å². The van der Waals surface area contributed by atoms with Crippen LogP contribution in [0.1, 0.15) is 0 Å². The van der Waals surface area contributed by atoms with Crippen LogP contribution in [-0.4, -0.2) is 62.4 Å². The minimum Gasteiger partial charge on any atom is -0.462 e. The van der Waals surface area contributed by atoms with Crippen molar-refractivity contribution in [2.24, 2.45) is 0 Å². The van der Waals surface area contributed by atoms with Crippen LogP contribution in [-0.2, 0) is 19.1 Å². The molecule has 6 nitrogen and oxygen atoms in total. The fraction of sp³-hybridized carbons (Fsp3) is 0.750. The maximum Gasteiger partial charge on any atom is 0.396 e. The Morgan fingerprint density at radius 2 is 2.00 bits per heavy atom. The Hall–Kier alpha value is -1.14. The summed E-state index contributed by atoms with van der Waals surface area (Å²) in [7, 11) is 3.96. The van der Waals surface area contributed by atoms with Crippen molar-refractivity contribution in [2.45, 2.75) is 6.10 Å². The van der Waals surface area contributed by atoms with Crippen LogP contribution in [0, 0.1) is 0 Å². The zero-order valence-corrected chi connectivity index (χ0v) is 8.52. The standard InChI is InChI=1S/C8H15NO5/c1-9(4-6(10)5-13-2)7(11)8(12)14-3/h6,10H,4-5H2,1-3H3. The van der Waals surface area contributed by atoms with Crippen LogP contribution in [0.25, 0.3) is 0 Å². The Balaban J connectivity index is 4.00. The summed E-state index contributed by atoms with van der Waals surface area (Å²) in [4.78, 5) is 23.0. The van der Waals surface area contributed by atoms with E-state index in [4.69, 9.17) is 0 Å². The Morgan fingerprint density at radius 1 is 1.43 bits per heavy atom. The largest absolute Gasteiger partial charge is 0.462 e. The maximum absolute atomic E-state index is 11.1. The Kier molecular flexibility index (Phi) is 5.82. The monoisotopic (exact) mass is 205 g/mol. The lowest BCUT2D eigenvalue weighted by atomic mass is 10.3. The van der Waals surface area contributed by atoms with Crippen LogP contribution in [0.5, 0.6) is 0 Å². The van der Waals surface area contributed by atoms with Gasteiger partial charge in [-0.2, -0.15) is 0 Å². The second kappa shape index (κ2) is 6.33. The molecule has 0 heterocycles. The van der Waals surface area contributed by atoms with Gasteiger partial charge in [-0.05, 0) is 0 Å². The summed E-state index contributed by atoms with van der Waals surface area (Å²) < 4.78 is 8.90. The summed E-state index contributed by atoms with van der Waals surface area (Å²) in [6.07, 6.45) is -0.807. The highest BCUT2D eigenvalue weighted by atomic mass is 16.5. The second-order valence-electron chi connectivity index (χ2n) is 2.79. The van der Waals surface area contributed by atoms with E-state index in [2.05, 4.69) is 9.47 Å². The number of ether oxygens (including phenoxy) is 2. The third-order valence-electron chi connectivity index (χ3n) is 1.55. The normalized spacial score (nSPS) is 12.0. The van der Waals surface area contributed by atoms with E-state index in [0.29, 0.717) is 0 Å². The van der Waals surface area contributed by atoms with E-state index in [1.54, 1.807) is 0 Å². The van der Waals surface area contributed by atoms with Crippen molar-refractivity contribution in [2.75, 3.05) is 34.4 Å². The van der Waals surface area contributed by atoms with Crippen LogP contribution >= 0.6 is 0 Å². The summed E-state index contributed by atoms with van der Waals surface area (Å²) in [6.45, 7) is 0.139. The van der Waals surface area contributed by atoms with Gasteiger partial charge in [0.2, 0.25) is 0 Å². The smallest absolute Gasteiger partial charge is 0.396 e. The van der Waals surface area contributed by atoms with Crippen LogP contribution in [0.15, 0.2) is 0 Å². The first-order valence-electron chi connectivity index (χ1n) is 4.03. The lowest BCUT2D eigenvalue weighted by molar-refractivity contribution is -0.158. The van der Waals surface area contributed by atoms with Gasteiger partial charge >= 0.3 is 11.9 Å². The molecule has 0 aromatic rings. The van der Waals surface area contributed by atoms with Gasteiger partial charge in [-0.25, -0.2) is 4.79 Å². The summed E-state index contributed by atoms with van der Waals surface area (Å²) in [5.41, 5.74) is 0. The predicted molar refractivity (Wildman–Crippen MR) is 47.5 cm³/mol. The molecule has 0 aliphatic heterocycles. The second-order valence-corrected chi connectivity index (χ2v) is 2.79. The number of carbonyl (C=O) groups excluding carboxylic acids is 2. The summed E-state index contributed by atoms with van der Waals surface area (Å²) >= 11 is 0. The van der Waals surface area contributed by atoms with Crippen LogP contribution in [0.3, 0.4) is 0 Å². The molecule has 1 amide bonds. The summed E-state index contributed by atoms with van der Waals surface area (Å²) in [6, 6.07) is 0. The minimum absolute atomic E-state index is 0.0295. The molecular formula is C8H15NO5. The van der Waals surface area contributed by atoms with E-state index in [1.807, 2.05) is 0 Å². The Morgan fingerprint density at radius 3 is 2.43 bits per heavy atom. The van der Waals surface area contributed by atoms with Gasteiger partial charge in [-0.3, -0.25) is 4.79 Å². The first-order chi connectivity index (χ1) is 6.52. The van der Waals surface area contributed by atoms with E-state index in [9.17, 15) is 14.7 Å². The molecule has 0 saturated carbocycles. The van der Waals surface area contributed by atoms with Crippen molar-refractivity contribution in [3.05, 3.63) is 0 Å². The number of carbonyl (C=O) groups is 2. The van der Waals surface area contributed by atoms with E-state index >= 15 is 0 Å². The quantitative estimate of drug-likeness (QED) is 0.452. The van der Waals surface area contributed by atoms with Gasteiger partial charge in [0.25, 0.3) is 0 Å². The van der Waals surface area contributed by atoms with Crippen molar-refractivity contribution >= 4 is 11.9 Å². The molecule has 0 aromatic carbocycles. The number of rotatable bonds is 4. The van der Waals surface area contributed by atoms with Crippen molar-refractivity contribution in [3.8, 4) is 0 Å². The van der Waals surface area contributed by atoms with Crippen molar-refractivity contribution in [3.63, 3.8) is 0 Å². The van der Waals surface area contributed by atoms with Gasteiger partial charge in [0.05, 0.1) is 19.8 Å². The van der Waals surface area contributed by atoms with E-state index in [0.717, 1.165) is 12.0 Å². The molecule has 1 N–H and O–H groups in total. The van der Waals surface area contributed by atoms with Crippen LogP contribution in [0.2, 0.25) is 0 Å². The molecule has 0 aliphatic carbocycles. The fourth-order valence-corrected chi connectivity index (χ4v) is 0.887. The molecule has 1 unspecified atom stereocenters. The van der Waals surface area contributed by atoms with Gasteiger partial charge in [0.1, 0.15) is 0 Å². The molecule has 0 bridgehead atoms. The van der Waals surface area contributed by atoms with Crippen molar-refractivity contribution in [1.29, 1.82) is 0 Å². The summed E-state index contributed by atoms with van der Waals surface area (Å²) in [5, 5.41) is 9.25. The number of aliphatic hydroxyl groups excluding tert-OH is 1. The lowest BCUT2D eigenvalue weighted by Crippen LogP contribution is -2.40. The maximum atomic E-state index is 11.1. The number of amides is 1. The molecule has 1 atom stereocenters. The molecule has 0 radical (unpaired) electrons. The molecule has 0 fully saturated rings. The Bertz CT molecular complexity index is 206. The third kappa shape index (κ3) is 4.20. The molecule has 0 rings (SSSR count). The SMILES string of the molecule is COCC(O)CN(C)C(=O)C(=O)OC. The highest BCUT2D eigenvalue weighted by molar-refractivity contribution is 6.32. The number of aliphatic hydroxyl groups is 1. The predicted octanol–water partition coefficient (Wildman–Crippen LogP) is -1.37. The molecule has 14 heavy (non-hydrogen) atoms. The zero-order chi connectivity index (χ0) is 11.1. The topological polar surface area (TPSA) is 76.1 Å². The number of hydrogen-bond donors (Lipinski definition) is 1.